The van der Waals surface area contributed by atoms with Gasteiger partial charge in [0.1, 0.15) is 10.6 Å². The molecule has 1 aliphatic rings. The first-order chi connectivity index (χ1) is 11.4. The third kappa shape index (κ3) is 4.27. The van der Waals surface area contributed by atoms with Crippen LogP contribution in [0, 0.1) is 5.92 Å². The van der Waals surface area contributed by atoms with Crippen molar-refractivity contribution in [3.05, 3.63) is 23.8 Å². The molecule has 24 heavy (non-hydrogen) atoms. The smallest absolute Gasteiger partial charge is 0.253 e. The van der Waals surface area contributed by atoms with Crippen LogP contribution in [0.2, 0.25) is 0 Å². The van der Waals surface area contributed by atoms with Crippen LogP contribution < -0.4 is 9.46 Å². The van der Waals surface area contributed by atoms with Crippen molar-refractivity contribution in [3.63, 3.8) is 0 Å². The van der Waals surface area contributed by atoms with Gasteiger partial charge in [-0.15, -0.1) is 0 Å². The largest absolute Gasteiger partial charge is 0.492 e. The van der Waals surface area contributed by atoms with Gasteiger partial charge in [0.05, 0.1) is 6.61 Å². The van der Waals surface area contributed by atoms with Gasteiger partial charge in [-0.3, -0.25) is 4.79 Å². The third-order valence-corrected chi connectivity index (χ3v) is 5.75. The normalized spacial score (nSPS) is 16.2. The summed E-state index contributed by atoms with van der Waals surface area (Å²) in [5.41, 5.74) is 0.379. The van der Waals surface area contributed by atoms with Crippen LogP contribution in [-0.2, 0) is 10.0 Å². The van der Waals surface area contributed by atoms with E-state index in [2.05, 4.69) is 11.6 Å². The number of nitrogens with one attached hydrogen (secondary N) is 1. The number of hydrogen-bond donors (Lipinski definition) is 1. The quantitative estimate of drug-likeness (QED) is 0.850. The molecular weight excluding hydrogens is 328 g/mol. The number of likely N-dealkylation sites (tertiary alicyclic amines) is 1. The molecule has 0 atom stereocenters. The van der Waals surface area contributed by atoms with Gasteiger partial charge in [0.25, 0.3) is 5.91 Å². The predicted molar refractivity (Wildman–Crippen MR) is 92.8 cm³/mol. The summed E-state index contributed by atoms with van der Waals surface area (Å²) in [6, 6.07) is 4.62. The average Bonchev–Trinajstić information content (AvgIpc) is 2.55. The van der Waals surface area contributed by atoms with Gasteiger partial charge in [0.2, 0.25) is 10.0 Å². The number of amides is 1. The van der Waals surface area contributed by atoms with Crippen molar-refractivity contribution in [2.45, 2.75) is 38.5 Å². The molecule has 2 rings (SSSR count). The minimum Gasteiger partial charge on any atom is -0.492 e. The van der Waals surface area contributed by atoms with Crippen LogP contribution >= 0.6 is 0 Å². The van der Waals surface area contributed by atoms with Crippen LogP contribution in [0.3, 0.4) is 0 Å². The minimum absolute atomic E-state index is 0.0161. The second kappa shape index (κ2) is 7.98. The maximum Gasteiger partial charge on any atom is 0.253 e. The second-order valence-electron chi connectivity index (χ2n) is 6.07. The summed E-state index contributed by atoms with van der Waals surface area (Å²) in [7, 11) is -3.70. The molecule has 0 spiro atoms. The van der Waals surface area contributed by atoms with Crippen LogP contribution in [0.4, 0.5) is 0 Å². The lowest BCUT2D eigenvalue weighted by Gasteiger charge is -2.30. The lowest BCUT2D eigenvalue weighted by molar-refractivity contribution is 0.0697. The van der Waals surface area contributed by atoms with E-state index in [1.54, 1.807) is 30.9 Å². The van der Waals surface area contributed by atoms with Crippen molar-refractivity contribution in [2.75, 3.05) is 26.2 Å². The first-order valence-electron chi connectivity index (χ1n) is 8.44. The fraction of sp³-hybridized carbons (Fsp3) is 0.588. The topological polar surface area (TPSA) is 75.7 Å². The SMILES string of the molecule is CCNS(=O)(=O)c1cc(C(=O)N2CCC(C)CC2)ccc1OCC. The highest BCUT2D eigenvalue weighted by Gasteiger charge is 2.25. The highest BCUT2D eigenvalue weighted by molar-refractivity contribution is 7.89. The second-order valence-corrected chi connectivity index (χ2v) is 7.81. The molecule has 6 nitrogen and oxygen atoms in total. The van der Waals surface area contributed by atoms with Gasteiger partial charge in [-0.1, -0.05) is 13.8 Å². The molecule has 1 fully saturated rings. The zero-order valence-electron chi connectivity index (χ0n) is 14.5. The van der Waals surface area contributed by atoms with E-state index in [1.807, 2.05) is 0 Å². The average molecular weight is 354 g/mol. The third-order valence-electron chi connectivity index (χ3n) is 4.19. The van der Waals surface area contributed by atoms with Crippen LogP contribution in [0.25, 0.3) is 0 Å². The molecule has 0 bridgehead atoms. The molecule has 1 N–H and O–H groups in total. The highest BCUT2D eigenvalue weighted by Crippen LogP contribution is 2.27. The van der Waals surface area contributed by atoms with Crippen LogP contribution in [0.5, 0.6) is 5.75 Å². The first-order valence-corrected chi connectivity index (χ1v) is 9.93. The minimum atomic E-state index is -3.70. The number of piperidine rings is 1. The van der Waals surface area contributed by atoms with Gasteiger partial charge in [-0.05, 0) is 43.9 Å². The molecule has 1 saturated heterocycles. The number of sulfonamides is 1. The Balaban J connectivity index is 2.33. The molecule has 0 unspecified atom stereocenters. The Bertz CT molecular complexity index is 680. The van der Waals surface area contributed by atoms with E-state index < -0.39 is 10.0 Å². The van der Waals surface area contributed by atoms with Gasteiger partial charge in [0.15, 0.2) is 0 Å². The molecule has 1 aliphatic heterocycles. The summed E-state index contributed by atoms with van der Waals surface area (Å²) in [6.45, 7) is 7.73. The number of hydrogen-bond acceptors (Lipinski definition) is 4. The number of rotatable bonds is 6. The zero-order chi connectivity index (χ0) is 17.7. The van der Waals surface area contributed by atoms with Crippen LogP contribution in [-0.4, -0.2) is 45.5 Å². The summed E-state index contributed by atoms with van der Waals surface area (Å²) in [6.07, 6.45) is 1.95. The fourth-order valence-electron chi connectivity index (χ4n) is 2.79. The Labute approximate surface area is 144 Å². The summed E-state index contributed by atoms with van der Waals surface area (Å²) >= 11 is 0. The summed E-state index contributed by atoms with van der Waals surface area (Å²) < 4.78 is 32.7. The lowest BCUT2D eigenvalue weighted by Crippen LogP contribution is -2.38. The molecule has 0 aliphatic carbocycles. The van der Waals surface area contributed by atoms with Crippen molar-refractivity contribution in [1.29, 1.82) is 0 Å². The molecule has 0 radical (unpaired) electrons. The molecule has 0 aromatic heterocycles. The summed E-state index contributed by atoms with van der Waals surface area (Å²) in [5, 5.41) is 0. The molecule has 0 saturated carbocycles. The predicted octanol–water partition coefficient (Wildman–Crippen LogP) is 2.26. The first kappa shape index (κ1) is 18.7. The van der Waals surface area contributed by atoms with Crippen molar-refractivity contribution >= 4 is 15.9 Å². The van der Waals surface area contributed by atoms with Crippen molar-refractivity contribution < 1.29 is 17.9 Å². The monoisotopic (exact) mass is 354 g/mol. The van der Waals surface area contributed by atoms with E-state index in [0.717, 1.165) is 12.8 Å². The Morgan fingerprint density at radius 1 is 1.29 bits per heavy atom. The Morgan fingerprint density at radius 2 is 1.96 bits per heavy atom. The van der Waals surface area contributed by atoms with Crippen molar-refractivity contribution in [1.82, 2.24) is 9.62 Å². The summed E-state index contributed by atoms with van der Waals surface area (Å²) in [5.74, 6) is 0.763. The van der Waals surface area contributed by atoms with Gasteiger partial charge < -0.3 is 9.64 Å². The fourth-order valence-corrected chi connectivity index (χ4v) is 4.00. The Hall–Kier alpha value is -1.60. The maximum absolute atomic E-state index is 12.7. The van der Waals surface area contributed by atoms with E-state index in [9.17, 15) is 13.2 Å². The Morgan fingerprint density at radius 3 is 2.54 bits per heavy atom. The van der Waals surface area contributed by atoms with E-state index in [-0.39, 0.29) is 23.1 Å². The van der Waals surface area contributed by atoms with Gasteiger partial charge >= 0.3 is 0 Å². The number of nitrogens with zero attached hydrogens (tertiary/aromatic N) is 1. The maximum atomic E-state index is 12.7. The molecule has 1 amide bonds. The molecule has 7 heteroatoms. The standard InChI is InChI=1S/C17H26N2O4S/c1-4-18-24(21,22)16-12-14(6-7-15(16)23-5-2)17(20)19-10-8-13(3)9-11-19/h6-7,12-13,18H,4-5,8-11H2,1-3H3. The van der Waals surface area contributed by atoms with E-state index in [0.29, 0.717) is 31.2 Å². The van der Waals surface area contributed by atoms with Crippen molar-refractivity contribution in [3.8, 4) is 5.75 Å². The highest BCUT2D eigenvalue weighted by atomic mass is 32.2. The zero-order valence-corrected chi connectivity index (χ0v) is 15.4. The number of benzene rings is 1. The summed E-state index contributed by atoms with van der Waals surface area (Å²) in [4.78, 5) is 14.5. The molecule has 1 aromatic rings. The van der Waals surface area contributed by atoms with E-state index in [4.69, 9.17) is 4.74 Å². The number of carbonyl (C=O) groups excluding carboxylic acids is 1. The van der Waals surface area contributed by atoms with E-state index in [1.165, 1.54) is 6.07 Å². The lowest BCUT2D eigenvalue weighted by atomic mass is 9.98. The van der Waals surface area contributed by atoms with Crippen LogP contribution in [0.1, 0.15) is 44.0 Å². The molecule has 134 valence electrons. The van der Waals surface area contributed by atoms with E-state index >= 15 is 0 Å². The molecule has 1 aromatic carbocycles. The van der Waals surface area contributed by atoms with Gasteiger partial charge in [-0.25, -0.2) is 13.1 Å². The van der Waals surface area contributed by atoms with Crippen LogP contribution in [0.15, 0.2) is 23.1 Å². The van der Waals surface area contributed by atoms with Crippen molar-refractivity contribution in [2.24, 2.45) is 5.92 Å². The number of ether oxygens (including phenoxy) is 1. The number of carbonyl (C=O) groups is 1. The Kier molecular flexibility index (Phi) is 6.23. The molecule has 1 heterocycles. The molecular formula is C17H26N2O4S. The van der Waals surface area contributed by atoms with Gasteiger partial charge in [-0.2, -0.15) is 0 Å². The van der Waals surface area contributed by atoms with Gasteiger partial charge in [0, 0.05) is 25.2 Å².